The van der Waals surface area contributed by atoms with Crippen molar-refractivity contribution < 1.29 is 18.3 Å². The van der Waals surface area contributed by atoms with Gasteiger partial charge in [0.15, 0.2) is 0 Å². The Morgan fingerprint density at radius 1 is 1.00 bits per heavy atom. The minimum absolute atomic E-state index is 0.0670. The first kappa shape index (κ1) is 20.4. The number of anilines is 1. The molecule has 0 unspecified atom stereocenters. The number of nitrogens with zero attached hydrogens (tertiary/aromatic N) is 1. The molecule has 3 aromatic rings. The van der Waals surface area contributed by atoms with E-state index in [1.54, 1.807) is 24.3 Å². The average molecular weight is 430 g/mol. The summed E-state index contributed by atoms with van der Waals surface area (Å²) < 4.78 is 27.6. The van der Waals surface area contributed by atoms with E-state index in [9.17, 15) is 18.3 Å². The Hall–Kier alpha value is -3.36. The minimum Gasteiger partial charge on any atom is -0.508 e. The van der Waals surface area contributed by atoms with Crippen LogP contribution in [0.25, 0.3) is 0 Å². The summed E-state index contributed by atoms with van der Waals surface area (Å²) >= 11 is 5.80. The summed E-state index contributed by atoms with van der Waals surface area (Å²) in [6.45, 7) is 0. The molecule has 3 aromatic carbocycles. The van der Waals surface area contributed by atoms with Gasteiger partial charge >= 0.3 is 0 Å². The third-order valence-corrected chi connectivity index (χ3v) is 5.41. The number of benzene rings is 3. The second kappa shape index (κ2) is 8.76. The predicted octanol–water partition coefficient (Wildman–Crippen LogP) is 3.61. The van der Waals surface area contributed by atoms with Crippen LogP contribution in [0.3, 0.4) is 0 Å². The highest BCUT2D eigenvalue weighted by Gasteiger charge is 2.16. The first-order valence-electron chi connectivity index (χ1n) is 8.34. The van der Waals surface area contributed by atoms with Gasteiger partial charge in [-0.15, -0.1) is 0 Å². The molecule has 0 fully saturated rings. The Kier molecular flexibility index (Phi) is 6.16. The number of carbonyl (C=O) groups excluding carboxylic acids is 1. The van der Waals surface area contributed by atoms with Crippen LogP contribution in [0, 0.1) is 0 Å². The van der Waals surface area contributed by atoms with Crippen molar-refractivity contribution in [3.63, 3.8) is 0 Å². The number of carbonyl (C=O) groups is 1. The molecular formula is C20H16ClN3O4S. The number of sulfonamides is 1. The lowest BCUT2D eigenvalue weighted by molar-refractivity contribution is 0.0955. The molecule has 29 heavy (non-hydrogen) atoms. The normalized spacial score (nSPS) is 11.3. The van der Waals surface area contributed by atoms with Gasteiger partial charge in [-0.3, -0.25) is 9.52 Å². The van der Waals surface area contributed by atoms with Crippen LogP contribution in [-0.2, 0) is 10.0 Å². The third-order valence-electron chi connectivity index (χ3n) is 3.78. The molecule has 0 saturated heterocycles. The van der Waals surface area contributed by atoms with Gasteiger partial charge in [0.1, 0.15) is 5.75 Å². The summed E-state index contributed by atoms with van der Waals surface area (Å²) in [6.07, 6.45) is 1.40. The number of hydrogen-bond donors (Lipinski definition) is 3. The summed E-state index contributed by atoms with van der Waals surface area (Å²) in [7, 11) is -3.88. The van der Waals surface area contributed by atoms with E-state index in [0.717, 1.165) is 0 Å². The van der Waals surface area contributed by atoms with Crippen molar-refractivity contribution in [2.45, 2.75) is 4.90 Å². The van der Waals surface area contributed by atoms with Gasteiger partial charge in [-0.05, 0) is 72.3 Å². The second-order valence-electron chi connectivity index (χ2n) is 5.93. The van der Waals surface area contributed by atoms with Gasteiger partial charge in [-0.1, -0.05) is 17.7 Å². The van der Waals surface area contributed by atoms with Gasteiger partial charge < -0.3 is 5.11 Å². The van der Waals surface area contributed by atoms with Crippen LogP contribution in [0.15, 0.2) is 82.8 Å². The molecule has 0 spiro atoms. The van der Waals surface area contributed by atoms with Crippen molar-refractivity contribution in [1.29, 1.82) is 0 Å². The highest BCUT2D eigenvalue weighted by molar-refractivity contribution is 7.92. The smallest absolute Gasteiger partial charge is 0.271 e. The molecule has 148 valence electrons. The highest BCUT2D eigenvalue weighted by atomic mass is 35.5. The Balaban J connectivity index is 1.71. The zero-order valence-electron chi connectivity index (χ0n) is 14.9. The third kappa shape index (κ3) is 5.56. The Morgan fingerprint density at radius 3 is 2.38 bits per heavy atom. The van der Waals surface area contributed by atoms with E-state index in [2.05, 4.69) is 15.2 Å². The summed E-state index contributed by atoms with van der Waals surface area (Å²) in [5, 5.41) is 13.6. The molecule has 0 aliphatic rings. The SMILES string of the molecule is O=C(N/N=C/c1ccc(O)cc1)c1cccc(S(=O)(=O)Nc2ccc(Cl)cc2)c1. The topological polar surface area (TPSA) is 108 Å². The van der Waals surface area contributed by atoms with Crippen LogP contribution in [0.4, 0.5) is 5.69 Å². The fourth-order valence-corrected chi connectivity index (χ4v) is 3.56. The summed E-state index contributed by atoms with van der Waals surface area (Å²) in [5.74, 6) is -0.444. The lowest BCUT2D eigenvalue weighted by atomic mass is 10.2. The monoisotopic (exact) mass is 429 g/mol. The van der Waals surface area contributed by atoms with Crippen LogP contribution in [0.2, 0.25) is 5.02 Å². The van der Waals surface area contributed by atoms with E-state index < -0.39 is 15.9 Å². The molecule has 0 aliphatic carbocycles. The maximum Gasteiger partial charge on any atom is 0.271 e. The number of rotatable bonds is 6. The van der Waals surface area contributed by atoms with Crippen LogP contribution in [0.5, 0.6) is 5.75 Å². The van der Waals surface area contributed by atoms with E-state index in [-0.39, 0.29) is 16.2 Å². The number of phenolic OH excluding ortho intramolecular Hbond substituents is 1. The molecule has 7 nitrogen and oxygen atoms in total. The van der Waals surface area contributed by atoms with Crippen molar-refractivity contribution in [2.24, 2.45) is 5.10 Å². The fraction of sp³-hybridized carbons (Fsp3) is 0. The summed E-state index contributed by atoms with van der Waals surface area (Å²) in [5.41, 5.74) is 3.49. The Labute approximate surface area is 172 Å². The van der Waals surface area contributed by atoms with Gasteiger partial charge in [-0.25, -0.2) is 13.8 Å². The van der Waals surface area contributed by atoms with Gasteiger partial charge in [0.25, 0.3) is 15.9 Å². The van der Waals surface area contributed by atoms with Crippen molar-refractivity contribution in [2.75, 3.05) is 4.72 Å². The second-order valence-corrected chi connectivity index (χ2v) is 8.05. The van der Waals surface area contributed by atoms with E-state index in [1.807, 2.05) is 0 Å². The van der Waals surface area contributed by atoms with Gasteiger partial charge in [0.2, 0.25) is 0 Å². The van der Waals surface area contributed by atoms with Crippen LogP contribution >= 0.6 is 11.6 Å². The molecule has 3 rings (SSSR count). The fourth-order valence-electron chi connectivity index (χ4n) is 2.33. The molecule has 0 atom stereocenters. The van der Waals surface area contributed by atoms with Gasteiger partial charge in [-0.2, -0.15) is 5.10 Å². The zero-order valence-corrected chi connectivity index (χ0v) is 16.5. The molecule has 0 saturated carbocycles. The number of phenols is 1. The van der Waals surface area contributed by atoms with Crippen LogP contribution in [-0.4, -0.2) is 25.6 Å². The number of nitrogens with one attached hydrogen (secondary N) is 2. The maximum absolute atomic E-state index is 12.6. The standard InChI is InChI=1S/C20H16ClN3O4S/c21-16-6-8-17(9-7-16)24-29(27,28)19-3-1-2-15(12-19)20(26)23-22-13-14-4-10-18(25)11-5-14/h1-13,24-25H,(H,23,26)/b22-13+. The predicted molar refractivity (Wildman–Crippen MR) is 112 cm³/mol. The Morgan fingerprint density at radius 2 is 1.69 bits per heavy atom. The van der Waals surface area contributed by atoms with E-state index in [0.29, 0.717) is 16.3 Å². The molecule has 0 bridgehead atoms. The molecule has 0 radical (unpaired) electrons. The number of hydrazone groups is 1. The van der Waals surface area contributed by atoms with Crippen LogP contribution < -0.4 is 10.1 Å². The van der Waals surface area contributed by atoms with Gasteiger partial charge in [0, 0.05) is 16.3 Å². The number of amides is 1. The highest BCUT2D eigenvalue weighted by Crippen LogP contribution is 2.19. The molecule has 0 aromatic heterocycles. The summed E-state index contributed by atoms with van der Waals surface area (Å²) in [6, 6.07) is 18.0. The summed E-state index contributed by atoms with van der Waals surface area (Å²) in [4.78, 5) is 12.2. The molecular weight excluding hydrogens is 414 g/mol. The van der Waals surface area contributed by atoms with E-state index in [1.165, 1.54) is 54.7 Å². The number of aromatic hydroxyl groups is 1. The average Bonchev–Trinajstić information content (AvgIpc) is 2.71. The van der Waals surface area contributed by atoms with Crippen LogP contribution in [0.1, 0.15) is 15.9 Å². The van der Waals surface area contributed by atoms with Crippen molar-refractivity contribution in [3.05, 3.63) is 88.9 Å². The largest absolute Gasteiger partial charge is 0.508 e. The van der Waals surface area contributed by atoms with Crippen molar-refractivity contribution >= 4 is 39.4 Å². The minimum atomic E-state index is -3.88. The van der Waals surface area contributed by atoms with E-state index in [4.69, 9.17) is 11.6 Å². The van der Waals surface area contributed by atoms with E-state index >= 15 is 0 Å². The molecule has 0 aliphatic heterocycles. The first-order chi connectivity index (χ1) is 13.8. The van der Waals surface area contributed by atoms with Crippen molar-refractivity contribution in [1.82, 2.24) is 5.43 Å². The van der Waals surface area contributed by atoms with Crippen molar-refractivity contribution in [3.8, 4) is 5.75 Å². The quantitative estimate of drug-likeness (QED) is 0.411. The molecule has 3 N–H and O–H groups in total. The molecule has 0 heterocycles. The maximum atomic E-state index is 12.6. The van der Waals surface area contributed by atoms with Gasteiger partial charge in [0.05, 0.1) is 11.1 Å². The number of halogens is 1. The molecule has 9 heteroatoms. The first-order valence-corrected chi connectivity index (χ1v) is 10.2. The molecule has 1 amide bonds. The lowest BCUT2D eigenvalue weighted by Crippen LogP contribution is -2.19. The zero-order chi connectivity index (χ0) is 20.9. The number of hydrogen-bond acceptors (Lipinski definition) is 5. The lowest BCUT2D eigenvalue weighted by Gasteiger charge is -2.09. The Bertz CT molecular complexity index is 1150.